The van der Waals surface area contributed by atoms with Crippen LogP contribution in [0.5, 0.6) is 0 Å². The van der Waals surface area contributed by atoms with Crippen molar-refractivity contribution >= 4 is 23.7 Å². The van der Waals surface area contributed by atoms with Gasteiger partial charge in [-0.1, -0.05) is 0 Å². The Labute approximate surface area is 102 Å². The number of aliphatic imine (C=N–C) groups is 2. The van der Waals surface area contributed by atoms with E-state index in [1.54, 1.807) is 0 Å². The van der Waals surface area contributed by atoms with E-state index in [1.807, 2.05) is 0 Å². The molecule has 8 heteroatoms. The van der Waals surface area contributed by atoms with Crippen LogP contribution in [0.1, 0.15) is 20.7 Å². The summed E-state index contributed by atoms with van der Waals surface area (Å²) in [5.74, 6) is -1.87. The molecule has 0 heterocycles. The maximum Gasteiger partial charge on any atom is 0.280 e. The van der Waals surface area contributed by atoms with Gasteiger partial charge in [-0.25, -0.2) is 0 Å². The van der Waals surface area contributed by atoms with Gasteiger partial charge in [-0.05, 0) is 24.3 Å². The predicted octanol–water partition coefficient (Wildman–Crippen LogP) is -1.49. The maximum atomic E-state index is 11.4. The van der Waals surface area contributed by atoms with Crippen LogP contribution >= 0.6 is 0 Å². The summed E-state index contributed by atoms with van der Waals surface area (Å²) in [6, 6.07) is 5.57. The Morgan fingerprint density at radius 1 is 0.722 bits per heavy atom. The molecule has 0 unspecified atom stereocenters. The van der Waals surface area contributed by atoms with E-state index in [0.29, 0.717) is 0 Å². The molecular formula is C10H12N6O2. The van der Waals surface area contributed by atoms with Crippen LogP contribution in [0.4, 0.5) is 0 Å². The van der Waals surface area contributed by atoms with Crippen molar-refractivity contribution in [2.24, 2.45) is 32.9 Å². The third-order valence-corrected chi connectivity index (χ3v) is 1.84. The predicted molar refractivity (Wildman–Crippen MR) is 66.7 cm³/mol. The van der Waals surface area contributed by atoms with E-state index in [0.717, 1.165) is 0 Å². The Bertz CT molecular complexity index is 475. The smallest absolute Gasteiger partial charge is 0.280 e. The molecule has 1 aromatic carbocycles. The van der Waals surface area contributed by atoms with Gasteiger partial charge in [0.1, 0.15) is 0 Å². The summed E-state index contributed by atoms with van der Waals surface area (Å²) in [5, 5.41) is 0. The van der Waals surface area contributed by atoms with E-state index in [9.17, 15) is 9.59 Å². The van der Waals surface area contributed by atoms with Crippen molar-refractivity contribution in [3.63, 3.8) is 0 Å². The summed E-state index contributed by atoms with van der Waals surface area (Å²) in [6.45, 7) is 0. The summed E-state index contributed by atoms with van der Waals surface area (Å²) >= 11 is 0. The summed E-state index contributed by atoms with van der Waals surface area (Å²) in [6.07, 6.45) is 0. The van der Waals surface area contributed by atoms with E-state index in [-0.39, 0.29) is 23.0 Å². The second-order valence-electron chi connectivity index (χ2n) is 3.26. The molecule has 18 heavy (non-hydrogen) atoms. The van der Waals surface area contributed by atoms with Gasteiger partial charge in [-0.15, -0.1) is 0 Å². The van der Waals surface area contributed by atoms with E-state index >= 15 is 0 Å². The van der Waals surface area contributed by atoms with Gasteiger partial charge in [-0.2, -0.15) is 9.98 Å². The molecule has 0 aliphatic rings. The number of amides is 2. The molecule has 8 nitrogen and oxygen atoms in total. The van der Waals surface area contributed by atoms with Gasteiger partial charge in [0.15, 0.2) is 11.9 Å². The van der Waals surface area contributed by atoms with Gasteiger partial charge in [0, 0.05) is 11.1 Å². The van der Waals surface area contributed by atoms with Crippen molar-refractivity contribution in [3.8, 4) is 0 Å². The Morgan fingerprint density at radius 3 is 1.22 bits per heavy atom. The summed E-state index contributed by atoms with van der Waals surface area (Å²) < 4.78 is 0. The molecule has 0 radical (unpaired) electrons. The number of benzene rings is 1. The molecule has 1 rings (SSSR count). The Balaban J connectivity index is 2.93. The van der Waals surface area contributed by atoms with E-state index in [2.05, 4.69) is 9.98 Å². The first-order valence-electron chi connectivity index (χ1n) is 4.78. The van der Waals surface area contributed by atoms with Gasteiger partial charge in [-0.3, -0.25) is 9.59 Å². The topological polar surface area (TPSA) is 163 Å². The van der Waals surface area contributed by atoms with Crippen LogP contribution in [-0.2, 0) is 0 Å². The fourth-order valence-electron chi connectivity index (χ4n) is 1.12. The number of carbonyl (C=O) groups excluding carboxylic acids is 2. The molecule has 0 fully saturated rings. The minimum atomic E-state index is -0.601. The lowest BCUT2D eigenvalue weighted by Gasteiger charge is -1.98. The fourth-order valence-corrected chi connectivity index (χ4v) is 1.12. The number of carbonyl (C=O) groups is 2. The zero-order chi connectivity index (χ0) is 13.7. The highest BCUT2D eigenvalue weighted by atomic mass is 16.2. The zero-order valence-electron chi connectivity index (χ0n) is 9.33. The highest BCUT2D eigenvalue weighted by Gasteiger charge is 2.08. The van der Waals surface area contributed by atoms with Crippen molar-refractivity contribution in [1.82, 2.24) is 0 Å². The molecule has 0 aromatic heterocycles. The molecule has 94 valence electrons. The lowest BCUT2D eigenvalue weighted by Crippen LogP contribution is -2.24. The minimum absolute atomic E-state index is 0.240. The average Bonchev–Trinajstić information content (AvgIpc) is 2.27. The molecule has 0 saturated carbocycles. The highest BCUT2D eigenvalue weighted by molar-refractivity contribution is 6.04. The first kappa shape index (κ1) is 13.2. The second kappa shape index (κ2) is 5.43. The maximum absolute atomic E-state index is 11.4. The lowest BCUT2D eigenvalue weighted by atomic mass is 10.1. The fraction of sp³-hybridized carbons (Fsp3) is 0. The van der Waals surface area contributed by atoms with Gasteiger partial charge in [0.25, 0.3) is 11.8 Å². The number of nitrogens with two attached hydrogens (primary N) is 4. The largest absolute Gasteiger partial charge is 0.370 e. The normalized spacial score (nSPS) is 9.33. The second-order valence-corrected chi connectivity index (χ2v) is 3.26. The Hall–Kier alpha value is -2.90. The summed E-state index contributed by atoms with van der Waals surface area (Å²) in [5.41, 5.74) is 20.8. The van der Waals surface area contributed by atoms with Crippen LogP contribution in [-0.4, -0.2) is 23.7 Å². The average molecular weight is 248 g/mol. The quantitative estimate of drug-likeness (QED) is 0.368. The third kappa shape index (κ3) is 3.59. The van der Waals surface area contributed by atoms with Crippen LogP contribution in [0.25, 0.3) is 0 Å². The molecule has 0 saturated heterocycles. The minimum Gasteiger partial charge on any atom is -0.370 e. The first-order valence-corrected chi connectivity index (χ1v) is 4.78. The first-order chi connectivity index (χ1) is 8.40. The van der Waals surface area contributed by atoms with Crippen LogP contribution in [0.3, 0.4) is 0 Å². The van der Waals surface area contributed by atoms with Crippen molar-refractivity contribution < 1.29 is 9.59 Å². The molecular weight excluding hydrogens is 236 g/mol. The third-order valence-electron chi connectivity index (χ3n) is 1.84. The standard InChI is InChI=1S/C10H12N6O2/c11-9(12)15-7(17)5-1-2-6(4-3-5)8(18)16-10(13)14/h1-4H,(H4,11,12,15,17)(H4,13,14,16,18). The molecule has 2 amide bonds. The molecule has 0 aliphatic heterocycles. The lowest BCUT2D eigenvalue weighted by molar-refractivity contribution is 0.0990. The number of hydrogen-bond donors (Lipinski definition) is 4. The summed E-state index contributed by atoms with van der Waals surface area (Å²) in [7, 11) is 0. The van der Waals surface area contributed by atoms with Gasteiger partial charge >= 0.3 is 0 Å². The van der Waals surface area contributed by atoms with Gasteiger partial charge in [0.05, 0.1) is 0 Å². The Kier molecular flexibility index (Phi) is 3.98. The van der Waals surface area contributed by atoms with Crippen LogP contribution < -0.4 is 22.9 Å². The SMILES string of the molecule is NC(N)=NC(=O)c1ccc(C(=O)N=C(N)N)cc1. The van der Waals surface area contributed by atoms with Gasteiger partial charge < -0.3 is 22.9 Å². The van der Waals surface area contributed by atoms with Crippen LogP contribution in [0, 0.1) is 0 Å². The molecule has 0 spiro atoms. The molecule has 1 aromatic rings. The van der Waals surface area contributed by atoms with Crippen molar-refractivity contribution in [1.29, 1.82) is 0 Å². The van der Waals surface area contributed by atoms with E-state index in [1.165, 1.54) is 24.3 Å². The van der Waals surface area contributed by atoms with Crippen molar-refractivity contribution in [2.45, 2.75) is 0 Å². The molecule has 0 atom stereocenters. The number of hydrogen-bond acceptors (Lipinski definition) is 2. The molecule has 0 bridgehead atoms. The van der Waals surface area contributed by atoms with Crippen molar-refractivity contribution in [3.05, 3.63) is 35.4 Å². The Morgan fingerprint density at radius 2 is 1.00 bits per heavy atom. The molecule has 0 aliphatic carbocycles. The number of nitrogens with zero attached hydrogens (tertiary/aromatic N) is 2. The van der Waals surface area contributed by atoms with Crippen molar-refractivity contribution in [2.75, 3.05) is 0 Å². The van der Waals surface area contributed by atoms with Gasteiger partial charge in [0.2, 0.25) is 0 Å². The van der Waals surface area contributed by atoms with E-state index in [4.69, 9.17) is 22.9 Å². The molecule has 8 N–H and O–H groups in total. The monoisotopic (exact) mass is 248 g/mol. The zero-order valence-corrected chi connectivity index (χ0v) is 9.33. The van der Waals surface area contributed by atoms with E-state index < -0.39 is 11.8 Å². The van der Waals surface area contributed by atoms with Crippen LogP contribution in [0.15, 0.2) is 34.3 Å². The number of rotatable bonds is 2. The highest BCUT2D eigenvalue weighted by Crippen LogP contribution is 2.07. The van der Waals surface area contributed by atoms with Crippen LogP contribution in [0.2, 0.25) is 0 Å². The number of guanidine groups is 2. The summed E-state index contributed by atoms with van der Waals surface area (Å²) in [4.78, 5) is 29.5.